The van der Waals surface area contributed by atoms with Crippen LogP contribution in [0.4, 0.5) is 5.95 Å². The molecule has 124 valence electrons. The van der Waals surface area contributed by atoms with Gasteiger partial charge in [0.2, 0.25) is 0 Å². The number of nitrogens with one attached hydrogen (secondary N) is 2. The Kier molecular flexibility index (Phi) is 4.26. The van der Waals surface area contributed by atoms with Gasteiger partial charge in [-0.3, -0.25) is 0 Å². The number of anilines is 1. The van der Waals surface area contributed by atoms with E-state index in [0.29, 0.717) is 5.95 Å². The number of para-hydroxylation sites is 1. The van der Waals surface area contributed by atoms with Crippen molar-refractivity contribution in [2.24, 2.45) is 5.10 Å². The molecule has 2 aromatic heterocycles. The van der Waals surface area contributed by atoms with Crippen LogP contribution in [0.15, 0.2) is 64.3 Å². The zero-order valence-corrected chi connectivity index (χ0v) is 14.7. The van der Waals surface area contributed by atoms with Crippen LogP contribution in [0.1, 0.15) is 11.1 Å². The van der Waals surface area contributed by atoms with Gasteiger partial charge in [-0.2, -0.15) is 10.3 Å². The number of hydrogen-bond donors (Lipinski definition) is 2. The van der Waals surface area contributed by atoms with Gasteiger partial charge in [-0.1, -0.05) is 51.4 Å². The van der Waals surface area contributed by atoms with E-state index in [2.05, 4.69) is 94.2 Å². The van der Waals surface area contributed by atoms with Crippen molar-refractivity contribution < 1.29 is 0 Å². The van der Waals surface area contributed by atoms with E-state index in [1.165, 1.54) is 5.56 Å². The predicted molar refractivity (Wildman–Crippen MR) is 101 cm³/mol. The lowest BCUT2D eigenvalue weighted by Crippen LogP contribution is -1.97. The Bertz CT molecular complexity index is 1000. The molecule has 0 atom stereocenters. The van der Waals surface area contributed by atoms with Crippen molar-refractivity contribution in [2.45, 2.75) is 6.54 Å². The fraction of sp³-hybridized carbons (Fsp3) is 0.0588. The molecule has 0 aliphatic heterocycles. The van der Waals surface area contributed by atoms with Crippen LogP contribution < -0.4 is 5.43 Å². The number of halogens is 1. The predicted octanol–water partition coefficient (Wildman–Crippen LogP) is 3.41. The molecule has 0 saturated carbocycles. The minimum atomic E-state index is 0.329. The van der Waals surface area contributed by atoms with E-state index < -0.39 is 0 Å². The maximum Gasteiger partial charge on any atom is 0.283 e. The number of aromatic nitrogens is 5. The van der Waals surface area contributed by atoms with Crippen molar-refractivity contribution in [3.05, 3.63) is 70.3 Å². The van der Waals surface area contributed by atoms with Crippen LogP contribution in [0.25, 0.3) is 10.9 Å². The highest BCUT2D eigenvalue weighted by Gasteiger charge is 2.07. The number of fused-ring (bicyclic) bond motifs is 1. The Morgan fingerprint density at radius 3 is 2.80 bits per heavy atom. The zero-order valence-electron chi connectivity index (χ0n) is 13.1. The standard InChI is InChI=1S/C17H14BrN7/c18-14-7-5-12(6-8-14)10-25-11-13(15-3-1-2-4-16(15)25)9-19-20-17-21-23-24-22-17/h1-9,11H,10H2,(H2,20,21,22,23,24)/b19-9+. The van der Waals surface area contributed by atoms with Crippen LogP contribution in [0, 0.1) is 0 Å². The van der Waals surface area contributed by atoms with Crippen LogP contribution in [-0.2, 0) is 6.54 Å². The second-order valence-corrected chi connectivity index (χ2v) is 6.38. The van der Waals surface area contributed by atoms with Crippen LogP contribution in [0.2, 0.25) is 0 Å². The molecule has 0 unspecified atom stereocenters. The third-order valence-electron chi connectivity index (χ3n) is 3.80. The Balaban J connectivity index is 1.63. The smallest absolute Gasteiger partial charge is 0.283 e. The lowest BCUT2D eigenvalue weighted by atomic mass is 10.2. The van der Waals surface area contributed by atoms with E-state index in [1.54, 1.807) is 6.21 Å². The Labute approximate surface area is 151 Å². The normalized spacial score (nSPS) is 11.4. The third kappa shape index (κ3) is 3.43. The number of rotatable bonds is 5. The summed E-state index contributed by atoms with van der Waals surface area (Å²) in [4.78, 5) is 0. The number of H-pyrrole nitrogens is 1. The summed E-state index contributed by atoms with van der Waals surface area (Å²) >= 11 is 3.47. The molecule has 2 N–H and O–H groups in total. The molecule has 0 spiro atoms. The summed E-state index contributed by atoms with van der Waals surface area (Å²) in [5.74, 6) is 0.329. The second-order valence-electron chi connectivity index (χ2n) is 5.46. The molecule has 8 heteroatoms. The quantitative estimate of drug-likeness (QED) is 0.400. The van der Waals surface area contributed by atoms with Gasteiger partial charge < -0.3 is 4.57 Å². The summed E-state index contributed by atoms with van der Waals surface area (Å²) in [7, 11) is 0. The van der Waals surface area contributed by atoms with Gasteiger partial charge in [0.25, 0.3) is 5.95 Å². The fourth-order valence-corrected chi connectivity index (χ4v) is 2.93. The van der Waals surface area contributed by atoms with E-state index in [4.69, 9.17) is 0 Å². The van der Waals surface area contributed by atoms with Crippen molar-refractivity contribution >= 4 is 39.0 Å². The molecular formula is C17H14BrN7. The highest BCUT2D eigenvalue weighted by Crippen LogP contribution is 2.22. The summed E-state index contributed by atoms with van der Waals surface area (Å²) in [6.45, 7) is 0.792. The highest BCUT2D eigenvalue weighted by atomic mass is 79.9. The number of hydrazone groups is 1. The van der Waals surface area contributed by atoms with Gasteiger partial charge in [-0.15, -0.1) is 5.10 Å². The lowest BCUT2D eigenvalue weighted by molar-refractivity contribution is 0.836. The molecule has 0 saturated heterocycles. The largest absolute Gasteiger partial charge is 0.342 e. The highest BCUT2D eigenvalue weighted by molar-refractivity contribution is 9.10. The molecule has 4 rings (SSSR count). The van der Waals surface area contributed by atoms with Gasteiger partial charge in [-0.05, 0) is 29.0 Å². The number of hydrogen-bond acceptors (Lipinski definition) is 5. The fourth-order valence-electron chi connectivity index (χ4n) is 2.66. The summed E-state index contributed by atoms with van der Waals surface area (Å²) in [5.41, 5.74) is 6.15. The number of tetrazole rings is 1. The Hall–Kier alpha value is -3.00. The van der Waals surface area contributed by atoms with Gasteiger partial charge >= 0.3 is 0 Å². The van der Waals surface area contributed by atoms with Gasteiger partial charge in [0, 0.05) is 33.7 Å². The molecule has 7 nitrogen and oxygen atoms in total. The maximum absolute atomic E-state index is 4.19. The van der Waals surface area contributed by atoms with Crippen LogP contribution in [-0.4, -0.2) is 31.4 Å². The first-order valence-corrected chi connectivity index (χ1v) is 8.44. The SMILES string of the molecule is Brc1ccc(Cn2cc(/C=N/Nc3nn[nH]n3)c3ccccc32)cc1. The van der Waals surface area contributed by atoms with Crippen molar-refractivity contribution in [1.82, 2.24) is 25.2 Å². The van der Waals surface area contributed by atoms with E-state index in [-0.39, 0.29) is 0 Å². The van der Waals surface area contributed by atoms with Crippen LogP contribution >= 0.6 is 15.9 Å². The topological polar surface area (TPSA) is 83.8 Å². The molecule has 0 radical (unpaired) electrons. The maximum atomic E-state index is 4.19. The van der Waals surface area contributed by atoms with Gasteiger partial charge in [0.15, 0.2) is 0 Å². The number of benzene rings is 2. The number of nitrogens with zero attached hydrogens (tertiary/aromatic N) is 5. The van der Waals surface area contributed by atoms with Crippen LogP contribution in [0.5, 0.6) is 0 Å². The first kappa shape index (κ1) is 15.5. The summed E-state index contributed by atoms with van der Waals surface area (Å²) in [6, 6.07) is 16.6. The first-order valence-electron chi connectivity index (χ1n) is 7.64. The first-order chi connectivity index (χ1) is 12.3. The summed E-state index contributed by atoms with van der Waals surface area (Å²) in [5, 5.41) is 18.8. The second kappa shape index (κ2) is 6.86. The molecule has 0 fully saturated rings. The molecule has 0 aliphatic carbocycles. The van der Waals surface area contributed by atoms with Crippen molar-refractivity contribution in [3.8, 4) is 0 Å². The van der Waals surface area contributed by atoms with Gasteiger partial charge in [0.1, 0.15) is 0 Å². The van der Waals surface area contributed by atoms with E-state index >= 15 is 0 Å². The Morgan fingerprint density at radius 2 is 2.00 bits per heavy atom. The van der Waals surface area contributed by atoms with Gasteiger partial charge in [0.05, 0.1) is 6.21 Å². The molecule has 4 aromatic rings. The molecule has 2 heterocycles. The van der Waals surface area contributed by atoms with Crippen LogP contribution in [0.3, 0.4) is 0 Å². The van der Waals surface area contributed by atoms with Crippen molar-refractivity contribution in [1.29, 1.82) is 0 Å². The lowest BCUT2D eigenvalue weighted by Gasteiger charge is -2.05. The molecule has 0 amide bonds. The number of aromatic amines is 1. The van der Waals surface area contributed by atoms with E-state index in [1.807, 2.05) is 12.1 Å². The molecule has 2 aromatic carbocycles. The van der Waals surface area contributed by atoms with Crippen molar-refractivity contribution in [2.75, 3.05) is 5.43 Å². The molecule has 0 aliphatic rings. The molecular weight excluding hydrogens is 382 g/mol. The monoisotopic (exact) mass is 395 g/mol. The average molecular weight is 396 g/mol. The minimum Gasteiger partial charge on any atom is -0.342 e. The Morgan fingerprint density at radius 1 is 1.16 bits per heavy atom. The minimum absolute atomic E-state index is 0.329. The zero-order chi connectivity index (χ0) is 17.1. The average Bonchev–Trinajstić information content (AvgIpc) is 3.26. The third-order valence-corrected chi connectivity index (χ3v) is 4.33. The molecule has 25 heavy (non-hydrogen) atoms. The molecule has 0 bridgehead atoms. The van der Waals surface area contributed by atoms with E-state index in [9.17, 15) is 0 Å². The van der Waals surface area contributed by atoms with Gasteiger partial charge in [-0.25, -0.2) is 5.43 Å². The summed E-state index contributed by atoms with van der Waals surface area (Å²) in [6.07, 6.45) is 3.85. The van der Waals surface area contributed by atoms with Crippen molar-refractivity contribution in [3.63, 3.8) is 0 Å². The van der Waals surface area contributed by atoms with E-state index in [0.717, 1.165) is 27.5 Å². The summed E-state index contributed by atoms with van der Waals surface area (Å²) < 4.78 is 3.29.